The van der Waals surface area contributed by atoms with Crippen LogP contribution in [-0.4, -0.2) is 10.5 Å². The Kier molecular flexibility index (Phi) is 5.51. The van der Waals surface area contributed by atoms with E-state index in [-0.39, 0.29) is 0 Å². The zero-order valence-corrected chi connectivity index (χ0v) is 9.65. The van der Waals surface area contributed by atoms with Crippen LogP contribution in [0.15, 0.2) is 24.3 Å². The third kappa shape index (κ3) is 4.07. The van der Waals surface area contributed by atoms with E-state index in [2.05, 4.69) is 13.2 Å². The van der Waals surface area contributed by atoms with Crippen molar-refractivity contribution in [1.29, 1.82) is 0 Å². The lowest BCUT2D eigenvalue weighted by molar-refractivity contribution is 0.811. The van der Waals surface area contributed by atoms with Gasteiger partial charge in [-0.2, -0.15) is 0 Å². The molecule has 0 N–H and O–H groups in total. The molecule has 0 spiro atoms. The molecule has 0 aromatic rings. The van der Waals surface area contributed by atoms with E-state index in [0.29, 0.717) is 5.92 Å². The summed E-state index contributed by atoms with van der Waals surface area (Å²) in [5.41, 5.74) is 2.30. The molecule has 1 unspecified atom stereocenters. The fourth-order valence-electron chi connectivity index (χ4n) is 0.949. The minimum Gasteiger partial charge on any atom is -0.122 e. The van der Waals surface area contributed by atoms with Gasteiger partial charge in [0.2, 0.25) is 0 Å². The Morgan fingerprint density at radius 2 is 1.92 bits per heavy atom. The van der Waals surface area contributed by atoms with E-state index in [4.69, 9.17) is 12.2 Å². The van der Waals surface area contributed by atoms with Crippen molar-refractivity contribution in [2.45, 2.75) is 20.3 Å². The lowest BCUT2D eigenvalue weighted by Crippen LogP contribution is -2.10. The molecule has 0 nitrogen and oxygen atoms in total. The predicted molar refractivity (Wildman–Crippen MR) is 63.8 cm³/mol. The maximum atomic E-state index is 5.23. The lowest BCUT2D eigenvalue weighted by Gasteiger charge is -2.16. The molecule has 0 saturated carbocycles. The van der Waals surface area contributed by atoms with Gasteiger partial charge in [0, 0.05) is 5.92 Å². The second-order valence-electron chi connectivity index (χ2n) is 3.08. The van der Waals surface area contributed by atoms with E-state index in [1.165, 1.54) is 5.57 Å². The Labute approximate surface area is 85.1 Å². The topological polar surface area (TPSA) is 0 Å². The first-order chi connectivity index (χ1) is 5.49. The van der Waals surface area contributed by atoms with Gasteiger partial charge in [-0.25, -0.2) is 0 Å². The first kappa shape index (κ1) is 11.9. The van der Waals surface area contributed by atoms with Crippen LogP contribution >= 0.6 is 24.0 Å². The van der Waals surface area contributed by atoms with Gasteiger partial charge in [0.25, 0.3) is 0 Å². The molecule has 0 aliphatic carbocycles. The van der Waals surface area contributed by atoms with Gasteiger partial charge in [0.15, 0.2) is 0 Å². The Morgan fingerprint density at radius 3 is 2.17 bits per heavy atom. The van der Waals surface area contributed by atoms with Crippen LogP contribution in [0.1, 0.15) is 20.3 Å². The number of rotatable bonds is 4. The van der Waals surface area contributed by atoms with Crippen molar-refractivity contribution in [1.82, 2.24) is 0 Å². The molecule has 0 aromatic carbocycles. The Hall–Kier alpha value is -0.0800. The average Bonchev–Trinajstić information content (AvgIpc) is 1.98. The van der Waals surface area contributed by atoms with Crippen LogP contribution in [0.5, 0.6) is 0 Å². The van der Waals surface area contributed by atoms with Crippen LogP contribution in [0.2, 0.25) is 0 Å². The molecular weight excluding hydrogens is 184 g/mol. The number of thioether (sulfide) groups is 1. The smallest absolute Gasteiger partial charge is 0.0550 e. The molecule has 0 aromatic heterocycles. The van der Waals surface area contributed by atoms with Crippen LogP contribution < -0.4 is 0 Å². The van der Waals surface area contributed by atoms with E-state index < -0.39 is 0 Å². The van der Waals surface area contributed by atoms with E-state index in [9.17, 15) is 0 Å². The largest absolute Gasteiger partial charge is 0.122 e. The highest BCUT2D eigenvalue weighted by Crippen LogP contribution is 2.24. The quantitative estimate of drug-likeness (QED) is 0.499. The molecule has 2 heteroatoms. The number of thiocarbonyl (C=S) groups is 1. The summed E-state index contributed by atoms with van der Waals surface area (Å²) >= 11 is 6.87. The van der Waals surface area contributed by atoms with E-state index >= 15 is 0 Å². The second-order valence-corrected chi connectivity index (χ2v) is 4.63. The summed E-state index contributed by atoms with van der Waals surface area (Å²) in [6.07, 6.45) is 2.95. The zero-order valence-electron chi connectivity index (χ0n) is 8.02. The summed E-state index contributed by atoms with van der Waals surface area (Å²) in [6.45, 7) is 11.9. The van der Waals surface area contributed by atoms with Crippen LogP contribution in [-0.2, 0) is 0 Å². The maximum Gasteiger partial charge on any atom is 0.0550 e. The molecule has 0 fully saturated rings. The Morgan fingerprint density at radius 1 is 1.42 bits per heavy atom. The minimum absolute atomic E-state index is 0.326. The van der Waals surface area contributed by atoms with Gasteiger partial charge in [0.05, 0.1) is 4.20 Å². The van der Waals surface area contributed by atoms with Crippen molar-refractivity contribution in [3.8, 4) is 0 Å². The first-order valence-electron chi connectivity index (χ1n) is 3.86. The summed E-state index contributed by atoms with van der Waals surface area (Å²) in [7, 11) is 0. The Balaban J connectivity index is 4.33. The van der Waals surface area contributed by atoms with E-state index in [0.717, 1.165) is 16.2 Å². The summed E-state index contributed by atoms with van der Waals surface area (Å²) < 4.78 is 1.02. The molecule has 0 rings (SSSR count). The minimum atomic E-state index is 0.326. The highest BCUT2D eigenvalue weighted by molar-refractivity contribution is 8.22. The van der Waals surface area contributed by atoms with Gasteiger partial charge in [-0.05, 0) is 26.5 Å². The van der Waals surface area contributed by atoms with Crippen molar-refractivity contribution in [3.63, 3.8) is 0 Å². The standard InChI is InChI=1S/C10H16S2/c1-7(2)6-9(8(3)4)10(11)12-5/h9H,1,3,6H2,2,4-5H3. The number of hydrogen-bond acceptors (Lipinski definition) is 2. The van der Waals surface area contributed by atoms with Gasteiger partial charge in [0.1, 0.15) is 0 Å². The highest BCUT2D eigenvalue weighted by atomic mass is 32.2. The Bertz CT molecular complexity index is 204. The monoisotopic (exact) mass is 200 g/mol. The predicted octanol–water partition coefficient (Wildman–Crippen LogP) is 3.84. The number of allylic oxidation sites excluding steroid dienone is 2. The summed E-state index contributed by atoms with van der Waals surface area (Å²) in [5.74, 6) is 0.326. The molecule has 0 bridgehead atoms. The van der Waals surface area contributed by atoms with E-state index in [1.54, 1.807) is 11.8 Å². The molecular formula is C10H16S2. The van der Waals surface area contributed by atoms with E-state index in [1.807, 2.05) is 20.1 Å². The second kappa shape index (κ2) is 5.55. The summed E-state index contributed by atoms with van der Waals surface area (Å²) in [4.78, 5) is 0. The first-order valence-corrected chi connectivity index (χ1v) is 5.50. The van der Waals surface area contributed by atoms with Gasteiger partial charge in [-0.15, -0.1) is 18.3 Å². The lowest BCUT2D eigenvalue weighted by atomic mass is 9.97. The fraction of sp³-hybridized carbons (Fsp3) is 0.500. The van der Waals surface area contributed by atoms with Crippen molar-refractivity contribution < 1.29 is 0 Å². The fourth-order valence-corrected chi connectivity index (χ4v) is 1.80. The van der Waals surface area contributed by atoms with Crippen LogP contribution in [0, 0.1) is 5.92 Å². The van der Waals surface area contributed by atoms with Gasteiger partial charge < -0.3 is 0 Å². The van der Waals surface area contributed by atoms with Gasteiger partial charge >= 0.3 is 0 Å². The van der Waals surface area contributed by atoms with Crippen molar-refractivity contribution >= 4 is 28.2 Å². The number of hydrogen-bond donors (Lipinski definition) is 0. The van der Waals surface area contributed by atoms with Crippen LogP contribution in [0.4, 0.5) is 0 Å². The van der Waals surface area contributed by atoms with Crippen LogP contribution in [0.3, 0.4) is 0 Å². The van der Waals surface area contributed by atoms with Crippen molar-refractivity contribution in [2.24, 2.45) is 5.92 Å². The third-order valence-electron chi connectivity index (χ3n) is 1.63. The van der Waals surface area contributed by atoms with Crippen LogP contribution in [0.25, 0.3) is 0 Å². The maximum absolute atomic E-state index is 5.23. The van der Waals surface area contributed by atoms with Crippen molar-refractivity contribution in [2.75, 3.05) is 6.26 Å². The molecule has 0 aliphatic heterocycles. The van der Waals surface area contributed by atoms with Crippen molar-refractivity contribution in [3.05, 3.63) is 24.3 Å². The molecule has 0 amide bonds. The normalized spacial score (nSPS) is 12.2. The third-order valence-corrected chi connectivity index (χ3v) is 3.10. The zero-order chi connectivity index (χ0) is 9.72. The molecule has 1 atom stereocenters. The molecule has 0 saturated heterocycles. The molecule has 68 valence electrons. The molecule has 0 aliphatic rings. The molecule has 12 heavy (non-hydrogen) atoms. The summed E-state index contributed by atoms with van der Waals surface area (Å²) in [5, 5.41) is 0. The highest BCUT2D eigenvalue weighted by Gasteiger charge is 2.14. The SMILES string of the molecule is C=C(C)CC(C(=C)C)C(=S)SC. The average molecular weight is 200 g/mol. The van der Waals surface area contributed by atoms with Gasteiger partial charge in [-0.3, -0.25) is 0 Å². The summed E-state index contributed by atoms with van der Waals surface area (Å²) in [6, 6.07) is 0. The molecule has 0 heterocycles. The molecule has 0 radical (unpaired) electrons. The van der Waals surface area contributed by atoms with Gasteiger partial charge in [-0.1, -0.05) is 29.9 Å².